The molecule has 2 aromatic rings. The largest absolute Gasteiger partial charge is 0.497 e. The summed E-state index contributed by atoms with van der Waals surface area (Å²) < 4.78 is 18.2. The van der Waals surface area contributed by atoms with E-state index in [0.29, 0.717) is 12.0 Å². The Balaban J connectivity index is 2.20. The Hall–Kier alpha value is -1.94. The second-order valence-electron chi connectivity index (χ2n) is 4.69. The van der Waals surface area contributed by atoms with Crippen LogP contribution in [0.5, 0.6) is 5.75 Å². The topological polar surface area (TPSA) is 42.4 Å². The normalized spacial score (nSPS) is 13.9. The van der Waals surface area contributed by atoms with Crippen LogP contribution >= 0.6 is 0 Å². The molecule has 4 heteroatoms. The summed E-state index contributed by atoms with van der Waals surface area (Å²) in [6, 6.07) is 8.71. The molecule has 3 nitrogen and oxygen atoms in total. The molecule has 0 aliphatic heterocycles. The van der Waals surface area contributed by atoms with Gasteiger partial charge in [0.1, 0.15) is 11.6 Å². The van der Waals surface area contributed by atoms with Crippen molar-refractivity contribution in [2.75, 3.05) is 7.11 Å². The maximum atomic E-state index is 13.1. The number of rotatable bonds is 4. The number of nitrogens with zero attached hydrogens (tertiary/aromatic N) is 1. The Morgan fingerprint density at radius 2 is 1.95 bits per heavy atom. The summed E-state index contributed by atoms with van der Waals surface area (Å²) in [5.74, 6) is 0.309. The van der Waals surface area contributed by atoms with E-state index in [2.05, 4.69) is 4.98 Å². The molecule has 0 bridgehead atoms. The number of aliphatic hydroxyl groups is 1. The Morgan fingerprint density at radius 1 is 1.26 bits per heavy atom. The van der Waals surface area contributed by atoms with Gasteiger partial charge in [0.25, 0.3) is 0 Å². The highest BCUT2D eigenvalue weighted by molar-refractivity contribution is 5.30. The first-order valence-electron chi connectivity index (χ1n) is 5.97. The van der Waals surface area contributed by atoms with Crippen LogP contribution in [-0.2, 0) is 12.0 Å². The second kappa shape index (κ2) is 5.36. The van der Waals surface area contributed by atoms with E-state index in [1.54, 1.807) is 14.0 Å². The quantitative estimate of drug-likeness (QED) is 0.920. The number of hydrogen-bond acceptors (Lipinski definition) is 3. The van der Waals surface area contributed by atoms with Crippen molar-refractivity contribution in [3.8, 4) is 5.75 Å². The molecular formula is C15H16FNO2. The number of pyridine rings is 1. The number of ether oxygens (including phenoxy) is 1. The summed E-state index contributed by atoms with van der Waals surface area (Å²) >= 11 is 0. The smallest absolute Gasteiger partial charge is 0.141 e. The fourth-order valence-electron chi connectivity index (χ4n) is 1.95. The van der Waals surface area contributed by atoms with E-state index in [9.17, 15) is 9.50 Å². The van der Waals surface area contributed by atoms with Crippen LogP contribution in [-0.4, -0.2) is 17.2 Å². The van der Waals surface area contributed by atoms with Gasteiger partial charge in [0.05, 0.1) is 18.9 Å². The maximum Gasteiger partial charge on any atom is 0.141 e. The van der Waals surface area contributed by atoms with Crippen molar-refractivity contribution in [3.63, 3.8) is 0 Å². The van der Waals surface area contributed by atoms with E-state index in [4.69, 9.17) is 4.74 Å². The van der Waals surface area contributed by atoms with Crippen LogP contribution in [0, 0.1) is 5.82 Å². The number of hydrogen-bond donors (Lipinski definition) is 1. The lowest BCUT2D eigenvalue weighted by molar-refractivity contribution is 0.0569. The summed E-state index contributed by atoms with van der Waals surface area (Å²) in [6.07, 6.45) is 2.97. The van der Waals surface area contributed by atoms with Crippen LogP contribution in [0.25, 0.3) is 0 Å². The van der Waals surface area contributed by atoms with Crippen molar-refractivity contribution >= 4 is 0 Å². The molecule has 100 valence electrons. The molecule has 0 saturated heterocycles. The summed E-state index contributed by atoms with van der Waals surface area (Å²) in [5.41, 5.74) is 0.238. The highest BCUT2D eigenvalue weighted by Crippen LogP contribution is 2.26. The first-order valence-corrected chi connectivity index (χ1v) is 5.97. The number of methoxy groups -OCH3 is 1. The van der Waals surface area contributed by atoms with Gasteiger partial charge in [0, 0.05) is 18.2 Å². The van der Waals surface area contributed by atoms with E-state index in [0.717, 1.165) is 17.5 Å². The molecule has 0 spiro atoms. The molecule has 1 atom stereocenters. The standard InChI is InChI=1S/C15H16FNO2/c1-15(18,12-7-13(16)10-17-9-12)8-11-3-5-14(19-2)6-4-11/h3-7,9-10,18H,8H2,1-2H3. The summed E-state index contributed by atoms with van der Waals surface area (Å²) in [6.45, 7) is 1.65. The lowest BCUT2D eigenvalue weighted by atomic mass is 9.90. The minimum atomic E-state index is -1.16. The highest BCUT2D eigenvalue weighted by atomic mass is 19.1. The summed E-state index contributed by atoms with van der Waals surface area (Å²) in [5, 5.41) is 10.5. The van der Waals surface area contributed by atoms with Gasteiger partial charge in [0.2, 0.25) is 0 Å². The molecule has 0 radical (unpaired) electrons. The average Bonchev–Trinajstić information content (AvgIpc) is 2.39. The molecule has 1 unspecified atom stereocenters. The Bertz CT molecular complexity index is 552. The van der Waals surface area contributed by atoms with Crippen molar-refractivity contribution in [2.45, 2.75) is 18.9 Å². The van der Waals surface area contributed by atoms with Crippen LogP contribution in [0.4, 0.5) is 4.39 Å². The Kier molecular flexibility index (Phi) is 3.81. The Labute approximate surface area is 111 Å². The minimum Gasteiger partial charge on any atom is -0.497 e. The molecule has 1 aromatic heterocycles. The summed E-state index contributed by atoms with van der Waals surface area (Å²) in [7, 11) is 1.60. The predicted molar refractivity (Wildman–Crippen MR) is 70.5 cm³/mol. The van der Waals surface area contributed by atoms with Gasteiger partial charge in [-0.3, -0.25) is 4.98 Å². The lowest BCUT2D eigenvalue weighted by Gasteiger charge is -2.23. The molecule has 19 heavy (non-hydrogen) atoms. The van der Waals surface area contributed by atoms with Gasteiger partial charge in [-0.25, -0.2) is 4.39 Å². The van der Waals surface area contributed by atoms with Crippen LogP contribution < -0.4 is 4.74 Å². The SMILES string of the molecule is COc1ccc(CC(C)(O)c2cncc(F)c2)cc1. The molecule has 1 aromatic carbocycles. The van der Waals surface area contributed by atoms with E-state index in [1.165, 1.54) is 12.3 Å². The zero-order valence-electron chi connectivity index (χ0n) is 10.9. The maximum absolute atomic E-state index is 13.1. The fourth-order valence-corrected chi connectivity index (χ4v) is 1.95. The zero-order valence-corrected chi connectivity index (χ0v) is 10.9. The van der Waals surface area contributed by atoms with Crippen molar-refractivity contribution in [1.82, 2.24) is 4.98 Å². The average molecular weight is 261 g/mol. The lowest BCUT2D eigenvalue weighted by Crippen LogP contribution is -2.24. The second-order valence-corrected chi connectivity index (χ2v) is 4.69. The summed E-state index contributed by atoms with van der Waals surface area (Å²) in [4.78, 5) is 3.76. The van der Waals surface area contributed by atoms with Crippen molar-refractivity contribution in [2.24, 2.45) is 0 Å². The molecule has 1 heterocycles. The molecular weight excluding hydrogens is 245 g/mol. The third-order valence-electron chi connectivity index (χ3n) is 3.03. The molecule has 0 fully saturated rings. The third-order valence-corrected chi connectivity index (χ3v) is 3.03. The molecule has 1 N–H and O–H groups in total. The predicted octanol–water partition coefficient (Wildman–Crippen LogP) is 2.68. The van der Waals surface area contributed by atoms with E-state index in [-0.39, 0.29) is 0 Å². The Morgan fingerprint density at radius 3 is 2.53 bits per heavy atom. The zero-order chi connectivity index (χ0) is 13.9. The van der Waals surface area contributed by atoms with Gasteiger partial charge in [-0.1, -0.05) is 12.1 Å². The molecule has 2 rings (SSSR count). The van der Waals surface area contributed by atoms with Crippen LogP contribution in [0.1, 0.15) is 18.1 Å². The number of benzene rings is 1. The van der Waals surface area contributed by atoms with E-state index in [1.807, 2.05) is 24.3 Å². The first-order chi connectivity index (χ1) is 9.01. The third kappa shape index (κ3) is 3.29. The van der Waals surface area contributed by atoms with Gasteiger partial charge >= 0.3 is 0 Å². The van der Waals surface area contributed by atoms with Crippen molar-refractivity contribution in [3.05, 3.63) is 59.7 Å². The van der Waals surface area contributed by atoms with Gasteiger partial charge in [-0.15, -0.1) is 0 Å². The molecule has 0 aliphatic rings. The molecule has 0 amide bonds. The highest BCUT2D eigenvalue weighted by Gasteiger charge is 2.24. The number of halogens is 1. The van der Waals surface area contributed by atoms with Crippen LogP contribution in [0.3, 0.4) is 0 Å². The van der Waals surface area contributed by atoms with Gasteiger partial charge < -0.3 is 9.84 Å². The minimum absolute atomic E-state index is 0.377. The van der Waals surface area contributed by atoms with Crippen molar-refractivity contribution in [1.29, 1.82) is 0 Å². The van der Waals surface area contributed by atoms with Crippen LogP contribution in [0.15, 0.2) is 42.7 Å². The van der Waals surface area contributed by atoms with Gasteiger partial charge in [0.15, 0.2) is 0 Å². The van der Waals surface area contributed by atoms with Gasteiger partial charge in [-0.05, 0) is 30.7 Å². The van der Waals surface area contributed by atoms with Gasteiger partial charge in [-0.2, -0.15) is 0 Å². The number of aromatic nitrogens is 1. The van der Waals surface area contributed by atoms with E-state index < -0.39 is 11.4 Å². The first kappa shape index (κ1) is 13.5. The molecule has 0 aliphatic carbocycles. The van der Waals surface area contributed by atoms with E-state index >= 15 is 0 Å². The molecule has 0 saturated carbocycles. The monoisotopic (exact) mass is 261 g/mol. The van der Waals surface area contributed by atoms with Crippen LogP contribution in [0.2, 0.25) is 0 Å². The fraction of sp³-hybridized carbons (Fsp3) is 0.267. The van der Waals surface area contributed by atoms with Crippen molar-refractivity contribution < 1.29 is 14.2 Å².